The average Bonchev–Trinajstić information content (AvgIpc) is 3.11. The van der Waals surface area contributed by atoms with Crippen molar-refractivity contribution in [2.75, 3.05) is 24.6 Å². The summed E-state index contributed by atoms with van der Waals surface area (Å²) >= 11 is 5.86. The van der Waals surface area contributed by atoms with E-state index in [2.05, 4.69) is 14.9 Å². The number of aromatic nitrogens is 2. The number of piperidine rings is 1. The summed E-state index contributed by atoms with van der Waals surface area (Å²) in [6.07, 6.45) is 6.82. The highest BCUT2D eigenvalue weighted by molar-refractivity contribution is 7.93. The number of hydrogen-bond acceptors (Lipinski definition) is 7. The van der Waals surface area contributed by atoms with Crippen LogP contribution in [-0.2, 0) is 9.84 Å². The molecular formula is C26H25ClFN3O4S. The number of ether oxygens (including phenoxy) is 2. The molecule has 1 aliphatic carbocycles. The molecule has 188 valence electrons. The van der Waals surface area contributed by atoms with Crippen LogP contribution in [-0.4, -0.2) is 43.0 Å². The molecule has 1 saturated heterocycles. The second-order valence-electron chi connectivity index (χ2n) is 9.62. The van der Waals surface area contributed by atoms with Gasteiger partial charge in [-0.2, -0.15) is 0 Å². The Labute approximate surface area is 214 Å². The lowest BCUT2D eigenvalue weighted by molar-refractivity contribution is 0.0821. The summed E-state index contributed by atoms with van der Waals surface area (Å²) in [6.45, 7) is 2.03. The second-order valence-corrected chi connectivity index (χ2v) is 12.2. The fourth-order valence-corrected chi connectivity index (χ4v) is 7.19. The molecule has 2 aliphatic heterocycles. The summed E-state index contributed by atoms with van der Waals surface area (Å²) in [5.41, 5.74) is 1.33. The monoisotopic (exact) mass is 529 g/mol. The molecule has 1 spiro atoms. The van der Waals surface area contributed by atoms with E-state index in [1.54, 1.807) is 42.7 Å². The van der Waals surface area contributed by atoms with Gasteiger partial charge in [-0.1, -0.05) is 23.7 Å². The molecule has 3 aromatic rings. The molecule has 1 aromatic heterocycles. The summed E-state index contributed by atoms with van der Waals surface area (Å²) in [4.78, 5) is 9.77. The summed E-state index contributed by atoms with van der Waals surface area (Å²) in [6, 6.07) is 9.78. The molecule has 0 N–H and O–H groups in total. The van der Waals surface area contributed by atoms with Gasteiger partial charge in [0, 0.05) is 25.9 Å². The molecule has 7 nitrogen and oxygen atoms in total. The third-order valence-corrected chi connectivity index (χ3v) is 9.96. The third-order valence-electron chi connectivity index (χ3n) is 7.38. The Morgan fingerprint density at radius 2 is 1.78 bits per heavy atom. The van der Waals surface area contributed by atoms with Gasteiger partial charge in [0.25, 0.3) is 0 Å². The Kier molecular flexibility index (Phi) is 5.80. The Hall–Kier alpha value is -2.91. The van der Waals surface area contributed by atoms with Crippen LogP contribution in [0.3, 0.4) is 0 Å². The minimum atomic E-state index is -3.49. The number of fused-ring (bicyclic) bond motifs is 1. The van der Waals surface area contributed by atoms with Crippen molar-refractivity contribution in [1.29, 1.82) is 0 Å². The van der Waals surface area contributed by atoms with Crippen molar-refractivity contribution in [3.05, 3.63) is 59.6 Å². The number of benzene rings is 2. The van der Waals surface area contributed by atoms with Gasteiger partial charge in [0.1, 0.15) is 10.6 Å². The molecule has 6 rings (SSSR count). The van der Waals surface area contributed by atoms with Crippen molar-refractivity contribution < 1.29 is 22.3 Å². The Morgan fingerprint density at radius 1 is 1.08 bits per heavy atom. The standard InChI is InChI=1S/C26H25ClFN3O4S/c27-20-14-29-25(30-15-20)31-10-6-17(7-11-31)16-34-22-4-2-18(12-21(22)28)19-3-5-24-23(13-19)35-26(8-1-9-26)36(24,32)33/h2-5,12-15,17H,1,6-11,16H2. The van der Waals surface area contributed by atoms with E-state index in [1.807, 2.05) is 0 Å². The highest BCUT2D eigenvalue weighted by atomic mass is 35.5. The first-order chi connectivity index (χ1) is 17.3. The predicted octanol–water partition coefficient (Wildman–Crippen LogP) is 5.28. The first-order valence-corrected chi connectivity index (χ1v) is 13.9. The zero-order valence-corrected chi connectivity index (χ0v) is 21.1. The summed E-state index contributed by atoms with van der Waals surface area (Å²) in [7, 11) is -3.49. The normalized spacial score (nSPS) is 20.0. The molecule has 3 aliphatic rings. The maximum Gasteiger partial charge on any atom is 0.225 e. The number of anilines is 1. The Morgan fingerprint density at radius 3 is 2.44 bits per heavy atom. The molecule has 36 heavy (non-hydrogen) atoms. The van der Waals surface area contributed by atoms with Crippen LogP contribution in [0.1, 0.15) is 32.1 Å². The molecule has 1 saturated carbocycles. The SMILES string of the molecule is O=S1(=O)c2ccc(-c3ccc(OCC4CCN(c5ncc(Cl)cn5)CC4)c(F)c3)cc2OC12CCC2. The maximum absolute atomic E-state index is 14.9. The highest BCUT2D eigenvalue weighted by Gasteiger charge is 2.57. The number of halogens is 2. The van der Waals surface area contributed by atoms with Crippen molar-refractivity contribution in [2.45, 2.75) is 41.9 Å². The minimum Gasteiger partial charge on any atom is -0.490 e. The van der Waals surface area contributed by atoms with Crippen molar-refractivity contribution in [2.24, 2.45) is 5.92 Å². The van der Waals surface area contributed by atoms with Gasteiger partial charge < -0.3 is 14.4 Å². The first-order valence-electron chi connectivity index (χ1n) is 12.1. The van der Waals surface area contributed by atoms with E-state index in [0.717, 1.165) is 32.4 Å². The smallest absolute Gasteiger partial charge is 0.225 e. The fraction of sp³-hybridized carbons (Fsp3) is 0.385. The van der Waals surface area contributed by atoms with E-state index < -0.39 is 20.6 Å². The van der Waals surface area contributed by atoms with Gasteiger partial charge >= 0.3 is 0 Å². The van der Waals surface area contributed by atoms with Crippen molar-refractivity contribution in [3.8, 4) is 22.6 Å². The van der Waals surface area contributed by atoms with E-state index in [-0.39, 0.29) is 10.6 Å². The van der Waals surface area contributed by atoms with Crippen LogP contribution < -0.4 is 14.4 Å². The van der Waals surface area contributed by atoms with Gasteiger partial charge in [0.05, 0.1) is 24.0 Å². The van der Waals surface area contributed by atoms with E-state index in [4.69, 9.17) is 21.1 Å². The molecule has 2 fully saturated rings. The van der Waals surface area contributed by atoms with E-state index in [9.17, 15) is 12.8 Å². The zero-order chi connectivity index (χ0) is 24.9. The number of hydrogen-bond donors (Lipinski definition) is 0. The lowest BCUT2D eigenvalue weighted by Crippen LogP contribution is -2.46. The summed E-state index contributed by atoms with van der Waals surface area (Å²) < 4.78 is 52.3. The van der Waals surface area contributed by atoms with Gasteiger partial charge in [0.15, 0.2) is 11.6 Å². The van der Waals surface area contributed by atoms with Gasteiger partial charge in [-0.25, -0.2) is 22.8 Å². The average molecular weight is 530 g/mol. The fourth-order valence-electron chi connectivity index (χ4n) is 5.05. The largest absolute Gasteiger partial charge is 0.490 e. The predicted molar refractivity (Wildman–Crippen MR) is 134 cm³/mol. The van der Waals surface area contributed by atoms with Crippen molar-refractivity contribution in [3.63, 3.8) is 0 Å². The number of sulfone groups is 1. The van der Waals surface area contributed by atoms with Gasteiger partial charge in [-0.3, -0.25) is 0 Å². The van der Waals surface area contributed by atoms with E-state index >= 15 is 0 Å². The van der Waals surface area contributed by atoms with Crippen LogP contribution in [0.4, 0.5) is 10.3 Å². The van der Waals surface area contributed by atoms with E-state index in [0.29, 0.717) is 53.2 Å². The molecule has 0 unspecified atom stereocenters. The maximum atomic E-state index is 14.9. The second kappa shape index (κ2) is 8.88. The molecular weight excluding hydrogens is 505 g/mol. The molecule has 0 atom stereocenters. The molecule has 10 heteroatoms. The quantitative estimate of drug-likeness (QED) is 0.445. The lowest BCUT2D eigenvalue weighted by Gasteiger charge is -2.35. The third kappa shape index (κ3) is 3.98. The molecule has 0 amide bonds. The molecule has 3 heterocycles. The summed E-state index contributed by atoms with van der Waals surface area (Å²) in [5.74, 6) is 1.07. The van der Waals surface area contributed by atoms with Crippen LogP contribution in [0, 0.1) is 11.7 Å². The van der Waals surface area contributed by atoms with Crippen molar-refractivity contribution >= 4 is 27.4 Å². The summed E-state index contributed by atoms with van der Waals surface area (Å²) in [5, 5.41) is 0.509. The number of nitrogens with zero attached hydrogens (tertiary/aromatic N) is 3. The van der Waals surface area contributed by atoms with Crippen LogP contribution in [0.5, 0.6) is 11.5 Å². The van der Waals surface area contributed by atoms with Crippen LogP contribution in [0.15, 0.2) is 53.7 Å². The van der Waals surface area contributed by atoms with Crippen LogP contribution in [0.25, 0.3) is 11.1 Å². The molecule has 0 radical (unpaired) electrons. The Balaban J connectivity index is 1.09. The lowest BCUT2D eigenvalue weighted by atomic mass is 9.95. The van der Waals surface area contributed by atoms with Crippen LogP contribution >= 0.6 is 11.6 Å². The number of rotatable bonds is 5. The van der Waals surface area contributed by atoms with E-state index in [1.165, 1.54) is 6.07 Å². The van der Waals surface area contributed by atoms with Crippen LogP contribution in [0.2, 0.25) is 5.02 Å². The van der Waals surface area contributed by atoms with Gasteiger partial charge in [-0.15, -0.1) is 0 Å². The van der Waals surface area contributed by atoms with Crippen molar-refractivity contribution in [1.82, 2.24) is 9.97 Å². The minimum absolute atomic E-state index is 0.204. The van der Waals surface area contributed by atoms with Gasteiger partial charge in [-0.05, 0) is 60.6 Å². The molecule has 2 aromatic carbocycles. The van der Waals surface area contributed by atoms with Gasteiger partial charge in [0.2, 0.25) is 20.7 Å². The highest BCUT2D eigenvalue weighted by Crippen LogP contribution is 2.52. The zero-order valence-electron chi connectivity index (χ0n) is 19.5. The molecule has 0 bridgehead atoms. The Bertz CT molecular complexity index is 1410. The topological polar surface area (TPSA) is 81.6 Å². The first kappa shape index (κ1) is 23.5.